The minimum absolute atomic E-state index is 0.0593. The number of anilines is 1. The molecule has 0 amide bonds. The molecule has 0 spiro atoms. The average Bonchev–Trinajstić information content (AvgIpc) is 2.28. The first-order valence-corrected chi connectivity index (χ1v) is 6.53. The second-order valence-electron chi connectivity index (χ2n) is 3.93. The fourth-order valence-corrected chi connectivity index (χ4v) is 2.77. The summed E-state index contributed by atoms with van der Waals surface area (Å²) >= 11 is 0. The predicted octanol–water partition coefficient (Wildman–Crippen LogP) is 2.11. The summed E-state index contributed by atoms with van der Waals surface area (Å²) in [5, 5.41) is 0.0593. The number of rotatable bonds is 5. The summed E-state index contributed by atoms with van der Waals surface area (Å²) in [5.74, 6) is 0. The van der Waals surface area contributed by atoms with Crippen molar-refractivity contribution >= 4 is 16.5 Å². The summed E-state index contributed by atoms with van der Waals surface area (Å²) in [6.07, 6.45) is 0.774. The number of hydrogen-bond acceptors (Lipinski definition) is 3. The summed E-state index contributed by atoms with van der Waals surface area (Å²) < 4.78 is 17.2. The van der Waals surface area contributed by atoms with Gasteiger partial charge in [-0.25, -0.2) is 0 Å². The Kier molecular flexibility index (Phi) is 4.96. The maximum absolute atomic E-state index is 12.2. The lowest BCUT2D eigenvalue weighted by Gasteiger charge is -2.13. The quantitative estimate of drug-likeness (QED) is 0.803. The first-order chi connectivity index (χ1) is 7.56. The molecule has 1 rings (SSSR count). The minimum Gasteiger partial charge on any atom is -0.398 e. The topological polar surface area (TPSA) is 52.3 Å². The van der Waals surface area contributed by atoms with Crippen LogP contribution in [0.4, 0.5) is 5.69 Å². The van der Waals surface area contributed by atoms with Gasteiger partial charge in [0.05, 0.1) is 15.7 Å². The number of nitrogen functional groups attached to an aromatic ring is 1. The molecule has 0 aromatic heterocycles. The van der Waals surface area contributed by atoms with E-state index < -0.39 is 10.8 Å². The standard InChI is InChI=1S/C12H19NO2S/c1-9-4-5-11(13)12(8-9)16(14)10(2)6-7-15-3/h4-5,8,10H,6-7,13H2,1-3H3. The zero-order valence-electron chi connectivity index (χ0n) is 10.0. The monoisotopic (exact) mass is 241 g/mol. The molecule has 0 saturated carbocycles. The van der Waals surface area contributed by atoms with Gasteiger partial charge in [-0.1, -0.05) is 13.0 Å². The van der Waals surface area contributed by atoms with Gasteiger partial charge >= 0.3 is 0 Å². The summed E-state index contributed by atoms with van der Waals surface area (Å²) in [5.41, 5.74) is 7.52. The Labute approximate surface area is 99.4 Å². The lowest BCUT2D eigenvalue weighted by molar-refractivity contribution is 0.195. The molecule has 2 N–H and O–H groups in total. The van der Waals surface area contributed by atoms with E-state index in [1.165, 1.54) is 0 Å². The van der Waals surface area contributed by atoms with Crippen LogP contribution in [0.5, 0.6) is 0 Å². The van der Waals surface area contributed by atoms with E-state index in [2.05, 4.69) is 0 Å². The third-order valence-corrected chi connectivity index (χ3v) is 4.23. The van der Waals surface area contributed by atoms with Gasteiger partial charge in [0.1, 0.15) is 0 Å². The van der Waals surface area contributed by atoms with Crippen molar-refractivity contribution in [3.05, 3.63) is 23.8 Å². The molecule has 0 bridgehead atoms. The van der Waals surface area contributed by atoms with E-state index in [1.54, 1.807) is 7.11 Å². The SMILES string of the molecule is COCCC(C)S(=O)c1cc(C)ccc1N. The Morgan fingerprint density at radius 2 is 2.19 bits per heavy atom. The number of benzene rings is 1. The summed E-state index contributed by atoms with van der Waals surface area (Å²) in [6.45, 7) is 4.55. The van der Waals surface area contributed by atoms with Gasteiger partial charge in [-0.2, -0.15) is 0 Å². The fraction of sp³-hybridized carbons (Fsp3) is 0.500. The lowest BCUT2D eigenvalue weighted by Crippen LogP contribution is -2.14. The Morgan fingerprint density at radius 1 is 1.50 bits per heavy atom. The molecule has 2 unspecified atom stereocenters. The van der Waals surface area contributed by atoms with E-state index in [9.17, 15) is 4.21 Å². The van der Waals surface area contributed by atoms with Crippen molar-refractivity contribution in [1.82, 2.24) is 0 Å². The second-order valence-corrected chi connectivity index (χ2v) is 5.77. The molecule has 16 heavy (non-hydrogen) atoms. The van der Waals surface area contributed by atoms with Crippen LogP contribution in [-0.4, -0.2) is 23.2 Å². The first kappa shape index (κ1) is 13.2. The maximum Gasteiger partial charge on any atom is 0.0622 e. The third-order valence-electron chi connectivity index (χ3n) is 2.48. The Hall–Kier alpha value is -0.870. The van der Waals surface area contributed by atoms with Gasteiger partial charge in [-0.05, 0) is 31.0 Å². The van der Waals surface area contributed by atoms with Crippen molar-refractivity contribution in [3.63, 3.8) is 0 Å². The van der Waals surface area contributed by atoms with Crippen LogP contribution in [0.3, 0.4) is 0 Å². The second kappa shape index (κ2) is 6.01. The van der Waals surface area contributed by atoms with Gasteiger partial charge in [-0.3, -0.25) is 4.21 Å². The van der Waals surface area contributed by atoms with Crippen LogP contribution in [0.25, 0.3) is 0 Å². The van der Waals surface area contributed by atoms with Gasteiger partial charge < -0.3 is 10.5 Å². The van der Waals surface area contributed by atoms with Gasteiger partial charge in [0.25, 0.3) is 0 Å². The molecule has 3 nitrogen and oxygen atoms in total. The van der Waals surface area contributed by atoms with E-state index in [4.69, 9.17) is 10.5 Å². The third kappa shape index (κ3) is 3.32. The molecule has 0 heterocycles. The van der Waals surface area contributed by atoms with Crippen LogP contribution in [-0.2, 0) is 15.5 Å². The first-order valence-electron chi connectivity index (χ1n) is 5.32. The van der Waals surface area contributed by atoms with Gasteiger partial charge in [0.2, 0.25) is 0 Å². The van der Waals surface area contributed by atoms with E-state index in [0.29, 0.717) is 12.3 Å². The van der Waals surface area contributed by atoms with E-state index >= 15 is 0 Å². The van der Waals surface area contributed by atoms with Crippen LogP contribution in [0.15, 0.2) is 23.1 Å². The number of methoxy groups -OCH3 is 1. The smallest absolute Gasteiger partial charge is 0.0622 e. The highest BCUT2D eigenvalue weighted by atomic mass is 32.2. The molecular weight excluding hydrogens is 222 g/mol. The van der Waals surface area contributed by atoms with Crippen molar-refractivity contribution < 1.29 is 8.95 Å². The van der Waals surface area contributed by atoms with Crippen molar-refractivity contribution in [2.75, 3.05) is 19.5 Å². The molecule has 1 aromatic rings. The molecule has 0 aliphatic rings. The Bertz CT molecular complexity index is 379. The number of hydrogen-bond donors (Lipinski definition) is 1. The van der Waals surface area contributed by atoms with Crippen LogP contribution in [0.1, 0.15) is 18.9 Å². The molecule has 2 atom stereocenters. The zero-order chi connectivity index (χ0) is 12.1. The summed E-state index contributed by atoms with van der Waals surface area (Å²) in [4.78, 5) is 0.739. The highest BCUT2D eigenvalue weighted by Crippen LogP contribution is 2.21. The largest absolute Gasteiger partial charge is 0.398 e. The van der Waals surface area contributed by atoms with Crippen LogP contribution in [0.2, 0.25) is 0 Å². The predicted molar refractivity (Wildman–Crippen MR) is 68.0 cm³/mol. The van der Waals surface area contributed by atoms with Gasteiger partial charge in [0.15, 0.2) is 0 Å². The summed E-state index contributed by atoms with van der Waals surface area (Å²) in [7, 11) is 0.593. The van der Waals surface area contributed by atoms with E-state index in [1.807, 2.05) is 32.0 Å². The highest BCUT2D eigenvalue weighted by molar-refractivity contribution is 7.85. The molecule has 0 fully saturated rings. The Balaban J connectivity index is 2.83. The van der Waals surface area contributed by atoms with E-state index in [0.717, 1.165) is 16.9 Å². The van der Waals surface area contributed by atoms with E-state index in [-0.39, 0.29) is 5.25 Å². The fourth-order valence-electron chi connectivity index (χ4n) is 1.42. The molecule has 0 saturated heterocycles. The Morgan fingerprint density at radius 3 is 2.81 bits per heavy atom. The van der Waals surface area contributed by atoms with Crippen molar-refractivity contribution in [3.8, 4) is 0 Å². The van der Waals surface area contributed by atoms with Crippen LogP contribution in [0, 0.1) is 6.92 Å². The molecule has 4 heteroatoms. The molecular formula is C12H19NO2S. The summed E-state index contributed by atoms with van der Waals surface area (Å²) in [6, 6.07) is 5.64. The van der Waals surface area contributed by atoms with Crippen LogP contribution < -0.4 is 5.73 Å². The average molecular weight is 241 g/mol. The van der Waals surface area contributed by atoms with Crippen molar-refractivity contribution in [2.24, 2.45) is 0 Å². The molecule has 0 aliphatic carbocycles. The number of ether oxygens (including phenoxy) is 1. The molecule has 1 aromatic carbocycles. The molecule has 0 radical (unpaired) electrons. The van der Waals surface area contributed by atoms with Crippen molar-refractivity contribution in [1.29, 1.82) is 0 Å². The normalized spacial score (nSPS) is 14.7. The van der Waals surface area contributed by atoms with Gasteiger partial charge in [0, 0.05) is 24.7 Å². The van der Waals surface area contributed by atoms with Crippen LogP contribution >= 0.6 is 0 Å². The number of aryl methyl sites for hydroxylation is 1. The number of nitrogens with two attached hydrogens (primary N) is 1. The van der Waals surface area contributed by atoms with Gasteiger partial charge in [-0.15, -0.1) is 0 Å². The maximum atomic E-state index is 12.2. The minimum atomic E-state index is -1.06. The molecule has 90 valence electrons. The van der Waals surface area contributed by atoms with Crippen molar-refractivity contribution in [2.45, 2.75) is 30.4 Å². The lowest BCUT2D eigenvalue weighted by atomic mass is 10.2. The molecule has 0 aliphatic heterocycles. The zero-order valence-corrected chi connectivity index (χ0v) is 10.8. The highest BCUT2D eigenvalue weighted by Gasteiger charge is 2.15.